The molecule has 8 heteroatoms. The predicted molar refractivity (Wildman–Crippen MR) is 100 cm³/mol. The summed E-state index contributed by atoms with van der Waals surface area (Å²) in [5.41, 5.74) is 0.931. The minimum atomic E-state index is -0.560. The molecule has 4 N–H and O–H groups in total. The molecule has 1 aromatic carbocycles. The molecule has 0 unspecified atom stereocenters. The maximum Gasteiger partial charge on any atom is 0.325 e. The van der Waals surface area contributed by atoms with Crippen LogP contribution in [-0.4, -0.2) is 29.7 Å². The van der Waals surface area contributed by atoms with Crippen molar-refractivity contribution in [1.82, 2.24) is 15.3 Å². The maximum atomic E-state index is 12.1. The normalized spacial score (nSPS) is 11.1. The largest absolute Gasteiger partial charge is 0.495 e. The number of aromatic amines is 2. The third-order valence-corrected chi connectivity index (χ3v) is 3.89. The number of ether oxygens (including phenoxy) is 1. The van der Waals surface area contributed by atoms with Crippen LogP contribution in [-0.2, 0) is 11.8 Å². The Morgan fingerprint density at radius 3 is 2.58 bits per heavy atom. The van der Waals surface area contributed by atoms with E-state index in [4.69, 9.17) is 4.74 Å². The molecule has 0 saturated heterocycles. The minimum absolute atomic E-state index is 0.0650. The number of carbonyl (C=O) groups is 1. The molecule has 0 atom stereocenters. The number of benzene rings is 1. The van der Waals surface area contributed by atoms with Gasteiger partial charge in [-0.1, -0.05) is 26.8 Å². The Balaban J connectivity index is 2.01. The minimum Gasteiger partial charge on any atom is -0.495 e. The van der Waals surface area contributed by atoms with Crippen LogP contribution in [0.2, 0.25) is 0 Å². The van der Waals surface area contributed by atoms with Crippen molar-refractivity contribution in [2.75, 3.05) is 19.0 Å². The van der Waals surface area contributed by atoms with E-state index in [9.17, 15) is 14.4 Å². The molecule has 0 saturated carbocycles. The van der Waals surface area contributed by atoms with E-state index in [-0.39, 0.29) is 12.0 Å². The Morgan fingerprint density at radius 1 is 1.23 bits per heavy atom. The van der Waals surface area contributed by atoms with Crippen molar-refractivity contribution < 1.29 is 9.53 Å². The summed E-state index contributed by atoms with van der Waals surface area (Å²) in [6, 6.07) is 5.25. The van der Waals surface area contributed by atoms with Crippen LogP contribution in [0.25, 0.3) is 0 Å². The van der Waals surface area contributed by atoms with Crippen molar-refractivity contribution in [3.8, 4) is 5.75 Å². The van der Waals surface area contributed by atoms with Crippen LogP contribution in [0.15, 0.2) is 34.0 Å². The van der Waals surface area contributed by atoms with Gasteiger partial charge in [0.25, 0.3) is 5.56 Å². The Kier molecular flexibility index (Phi) is 5.86. The molecule has 140 valence electrons. The number of nitrogens with one attached hydrogen (secondary N) is 4. The number of H-pyrrole nitrogens is 2. The molecular formula is C18H24N4O4. The number of hydrogen-bond donors (Lipinski definition) is 4. The Bertz CT molecular complexity index is 893. The summed E-state index contributed by atoms with van der Waals surface area (Å²) in [6.45, 7) is 6.49. The smallest absolute Gasteiger partial charge is 0.325 e. The monoisotopic (exact) mass is 360 g/mol. The molecular weight excluding hydrogens is 336 g/mol. The summed E-state index contributed by atoms with van der Waals surface area (Å²) in [6.07, 6.45) is 1.63. The summed E-state index contributed by atoms with van der Waals surface area (Å²) < 4.78 is 5.29. The number of carbonyl (C=O) groups excluding carboxylic acids is 1. The van der Waals surface area contributed by atoms with Crippen LogP contribution in [0.1, 0.15) is 31.9 Å². The highest BCUT2D eigenvalue weighted by Crippen LogP contribution is 2.31. The van der Waals surface area contributed by atoms with Crippen LogP contribution in [0, 0.1) is 0 Å². The molecule has 0 aliphatic rings. The number of rotatable bonds is 5. The van der Waals surface area contributed by atoms with Crippen LogP contribution >= 0.6 is 0 Å². The van der Waals surface area contributed by atoms with Crippen LogP contribution in [0.5, 0.6) is 5.75 Å². The highest BCUT2D eigenvalue weighted by atomic mass is 16.5. The van der Waals surface area contributed by atoms with Gasteiger partial charge < -0.3 is 20.4 Å². The van der Waals surface area contributed by atoms with E-state index in [0.717, 1.165) is 5.56 Å². The molecule has 0 spiro atoms. The van der Waals surface area contributed by atoms with E-state index in [1.807, 2.05) is 18.2 Å². The second kappa shape index (κ2) is 7.90. The zero-order valence-electron chi connectivity index (χ0n) is 15.4. The summed E-state index contributed by atoms with van der Waals surface area (Å²) in [4.78, 5) is 39.3. The molecule has 1 heterocycles. The first-order chi connectivity index (χ1) is 12.2. The Labute approximate surface area is 151 Å². The van der Waals surface area contributed by atoms with Gasteiger partial charge in [-0.25, -0.2) is 9.59 Å². The fraction of sp³-hybridized carbons (Fsp3) is 0.389. The van der Waals surface area contributed by atoms with Crippen LogP contribution in [0.4, 0.5) is 10.5 Å². The van der Waals surface area contributed by atoms with Gasteiger partial charge >= 0.3 is 11.7 Å². The summed E-state index contributed by atoms with van der Waals surface area (Å²) >= 11 is 0. The lowest BCUT2D eigenvalue weighted by molar-refractivity contribution is 0.252. The van der Waals surface area contributed by atoms with Crippen LogP contribution < -0.4 is 26.6 Å². The van der Waals surface area contributed by atoms with E-state index >= 15 is 0 Å². The third-order valence-electron chi connectivity index (χ3n) is 3.89. The van der Waals surface area contributed by atoms with E-state index in [0.29, 0.717) is 23.4 Å². The average molecular weight is 360 g/mol. The van der Waals surface area contributed by atoms with Crippen molar-refractivity contribution in [3.05, 3.63) is 56.4 Å². The lowest BCUT2D eigenvalue weighted by Crippen LogP contribution is -2.32. The third kappa shape index (κ3) is 4.98. The van der Waals surface area contributed by atoms with Gasteiger partial charge in [-0.3, -0.25) is 9.78 Å². The molecule has 0 radical (unpaired) electrons. The molecule has 2 aromatic rings. The molecule has 0 fully saturated rings. The molecule has 26 heavy (non-hydrogen) atoms. The molecule has 0 bridgehead atoms. The topological polar surface area (TPSA) is 116 Å². The number of anilines is 1. The molecule has 2 amide bonds. The second-order valence-corrected chi connectivity index (χ2v) is 6.89. The van der Waals surface area contributed by atoms with Gasteiger partial charge in [-0.05, 0) is 29.5 Å². The molecule has 2 rings (SSSR count). The van der Waals surface area contributed by atoms with Gasteiger partial charge in [0.1, 0.15) is 5.75 Å². The highest BCUT2D eigenvalue weighted by Gasteiger charge is 2.17. The van der Waals surface area contributed by atoms with Gasteiger partial charge in [-0.2, -0.15) is 0 Å². The molecule has 0 aliphatic heterocycles. The van der Waals surface area contributed by atoms with Crippen molar-refractivity contribution in [3.63, 3.8) is 0 Å². The number of amides is 2. The van der Waals surface area contributed by atoms with E-state index in [2.05, 4.69) is 41.4 Å². The van der Waals surface area contributed by atoms with Gasteiger partial charge in [0, 0.05) is 18.3 Å². The first-order valence-electron chi connectivity index (χ1n) is 8.25. The van der Waals surface area contributed by atoms with Crippen molar-refractivity contribution in [1.29, 1.82) is 0 Å². The zero-order valence-corrected chi connectivity index (χ0v) is 15.4. The van der Waals surface area contributed by atoms with Crippen molar-refractivity contribution in [2.45, 2.75) is 32.6 Å². The molecule has 8 nitrogen and oxygen atoms in total. The fourth-order valence-corrected chi connectivity index (χ4v) is 2.37. The van der Waals surface area contributed by atoms with Crippen LogP contribution in [0.3, 0.4) is 0 Å². The summed E-state index contributed by atoms with van der Waals surface area (Å²) in [5, 5.41) is 5.45. The quantitative estimate of drug-likeness (QED) is 0.650. The van der Waals surface area contributed by atoms with Gasteiger partial charge in [0.05, 0.1) is 12.8 Å². The first-order valence-corrected chi connectivity index (χ1v) is 8.25. The lowest BCUT2D eigenvalue weighted by atomic mass is 9.87. The summed E-state index contributed by atoms with van der Waals surface area (Å²) in [7, 11) is 1.54. The Morgan fingerprint density at radius 2 is 1.96 bits per heavy atom. The van der Waals surface area contributed by atoms with E-state index < -0.39 is 17.3 Å². The molecule has 1 aromatic heterocycles. The number of urea groups is 1. The second-order valence-electron chi connectivity index (χ2n) is 6.89. The number of aromatic nitrogens is 2. The zero-order chi connectivity index (χ0) is 19.3. The van der Waals surface area contributed by atoms with Crippen molar-refractivity contribution in [2.24, 2.45) is 0 Å². The number of hydrogen-bond acceptors (Lipinski definition) is 4. The van der Waals surface area contributed by atoms with E-state index in [1.54, 1.807) is 0 Å². The van der Waals surface area contributed by atoms with E-state index in [1.165, 1.54) is 13.3 Å². The lowest BCUT2D eigenvalue weighted by Gasteiger charge is -2.21. The first kappa shape index (κ1) is 19.3. The average Bonchev–Trinajstić information content (AvgIpc) is 2.56. The fourth-order valence-electron chi connectivity index (χ4n) is 2.37. The van der Waals surface area contributed by atoms with Gasteiger partial charge in [-0.15, -0.1) is 0 Å². The molecule has 0 aliphatic carbocycles. The predicted octanol–water partition coefficient (Wildman–Crippen LogP) is 1.73. The van der Waals surface area contributed by atoms with Gasteiger partial charge in [0.2, 0.25) is 0 Å². The number of methoxy groups -OCH3 is 1. The SMILES string of the molecule is COc1ccc(C(C)(C)C)cc1NC(=O)NCCc1c[nH]c(=O)[nH]c1=O. The highest BCUT2D eigenvalue weighted by molar-refractivity contribution is 5.91. The van der Waals surface area contributed by atoms with Crippen molar-refractivity contribution >= 4 is 11.7 Å². The maximum absolute atomic E-state index is 12.1. The summed E-state index contributed by atoms with van der Waals surface area (Å²) in [5.74, 6) is 0.560. The van der Waals surface area contributed by atoms with Gasteiger partial charge in [0.15, 0.2) is 0 Å². The standard InChI is InChI=1S/C18H24N4O4/c1-18(2,3)12-5-6-14(26-4)13(9-12)21-16(24)19-8-7-11-10-20-17(25)22-15(11)23/h5-6,9-10H,7-8H2,1-4H3,(H2,19,21,24)(H2,20,22,23,25). The Hall–Kier alpha value is -3.03.